The van der Waals surface area contributed by atoms with E-state index in [4.69, 9.17) is 9.47 Å². The zero-order chi connectivity index (χ0) is 11.9. The number of fused-ring (bicyclic) bond motifs is 1. The molecule has 88 valence electrons. The molecule has 0 saturated carbocycles. The summed E-state index contributed by atoms with van der Waals surface area (Å²) in [6.07, 6.45) is 0. The van der Waals surface area contributed by atoms with Crippen LogP contribution < -0.4 is 9.47 Å². The molecule has 16 heavy (non-hydrogen) atoms. The molecule has 3 heteroatoms. The van der Waals surface area contributed by atoms with E-state index in [1.807, 2.05) is 26.8 Å². The predicted molar refractivity (Wildman–Crippen MR) is 62.2 cm³/mol. The third kappa shape index (κ3) is 1.55. The van der Waals surface area contributed by atoms with Gasteiger partial charge in [-0.1, -0.05) is 13.8 Å². The van der Waals surface area contributed by atoms with E-state index in [0.717, 1.165) is 22.6 Å². The molecule has 1 aliphatic rings. The average molecular weight is 222 g/mol. The highest BCUT2D eigenvalue weighted by Gasteiger charge is 2.27. The van der Waals surface area contributed by atoms with Gasteiger partial charge in [-0.15, -0.1) is 0 Å². The van der Waals surface area contributed by atoms with Crippen LogP contribution in [0.1, 0.15) is 30.5 Å². The summed E-state index contributed by atoms with van der Waals surface area (Å²) in [5, 5.41) is 9.44. The third-order valence-corrected chi connectivity index (χ3v) is 3.35. The lowest BCUT2D eigenvalue weighted by Crippen LogP contribution is -2.23. The van der Waals surface area contributed by atoms with Crippen molar-refractivity contribution >= 4 is 0 Å². The van der Waals surface area contributed by atoms with Crippen LogP contribution in [0.25, 0.3) is 0 Å². The van der Waals surface area contributed by atoms with Crippen molar-refractivity contribution < 1.29 is 14.6 Å². The van der Waals surface area contributed by atoms with Crippen LogP contribution in [0.15, 0.2) is 6.07 Å². The molecule has 0 unspecified atom stereocenters. The van der Waals surface area contributed by atoms with E-state index in [1.54, 1.807) is 0 Å². The molecule has 2 rings (SSSR count). The quantitative estimate of drug-likeness (QED) is 0.834. The first-order chi connectivity index (χ1) is 7.47. The predicted octanol–water partition coefficient (Wildman–Crippen LogP) is 2.30. The molecule has 1 aromatic carbocycles. The highest BCUT2D eigenvalue weighted by molar-refractivity contribution is 5.56. The molecule has 0 spiro atoms. The first kappa shape index (κ1) is 11.3. The molecule has 0 aliphatic carbocycles. The fraction of sp³-hybridized carbons (Fsp3) is 0.538. The van der Waals surface area contributed by atoms with E-state index in [9.17, 15) is 5.11 Å². The van der Waals surface area contributed by atoms with Crippen molar-refractivity contribution in [3.8, 4) is 11.5 Å². The fourth-order valence-electron chi connectivity index (χ4n) is 2.09. The van der Waals surface area contributed by atoms with E-state index in [1.165, 1.54) is 5.56 Å². The Morgan fingerprint density at radius 3 is 2.56 bits per heavy atom. The highest BCUT2D eigenvalue weighted by Crippen LogP contribution is 2.42. The number of rotatable bonds is 2. The number of benzene rings is 1. The van der Waals surface area contributed by atoms with E-state index < -0.39 is 0 Å². The molecule has 0 saturated heterocycles. The molecule has 1 aliphatic heterocycles. The number of aliphatic hydroxyl groups is 1. The lowest BCUT2D eigenvalue weighted by molar-refractivity contribution is 0.173. The van der Waals surface area contributed by atoms with Crippen molar-refractivity contribution in [3.05, 3.63) is 22.8 Å². The lowest BCUT2D eigenvalue weighted by Gasteiger charge is -2.26. The lowest BCUT2D eigenvalue weighted by atomic mass is 9.81. The Morgan fingerprint density at radius 2 is 1.94 bits per heavy atom. The van der Waals surface area contributed by atoms with Gasteiger partial charge in [-0.25, -0.2) is 0 Å². The summed E-state index contributed by atoms with van der Waals surface area (Å²) in [6.45, 7) is 8.54. The van der Waals surface area contributed by atoms with Crippen molar-refractivity contribution in [2.24, 2.45) is 0 Å². The minimum atomic E-state index is -0.254. The van der Waals surface area contributed by atoms with Gasteiger partial charge in [-0.2, -0.15) is 0 Å². The monoisotopic (exact) mass is 222 g/mol. The Hall–Kier alpha value is -1.22. The van der Waals surface area contributed by atoms with Crippen LogP contribution in [0, 0.1) is 13.8 Å². The molecule has 1 aromatic rings. The second-order valence-corrected chi connectivity index (χ2v) is 4.95. The Kier molecular flexibility index (Phi) is 2.58. The van der Waals surface area contributed by atoms with Crippen LogP contribution in [-0.2, 0) is 5.41 Å². The van der Waals surface area contributed by atoms with Gasteiger partial charge in [0.15, 0.2) is 11.5 Å². The molecule has 0 bridgehead atoms. The highest BCUT2D eigenvalue weighted by atomic mass is 16.7. The molecule has 1 heterocycles. The molecule has 0 atom stereocenters. The Bertz CT molecular complexity index is 422. The maximum atomic E-state index is 9.44. The summed E-state index contributed by atoms with van der Waals surface area (Å²) >= 11 is 0. The minimum Gasteiger partial charge on any atom is -0.454 e. The molecule has 0 amide bonds. The largest absolute Gasteiger partial charge is 0.454 e. The average Bonchev–Trinajstić information content (AvgIpc) is 2.71. The second kappa shape index (κ2) is 3.67. The first-order valence-corrected chi connectivity index (χ1v) is 5.48. The van der Waals surface area contributed by atoms with Crippen LogP contribution in [0.4, 0.5) is 0 Å². The van der Waals surface area contributed by atoms with Gasteiger partial charge in [0.1, 0.15) is 0 Å². The summed E-state index contributed by atoms with van der Waals surface area (Å²) in [5.41, 5.74) is 3.14. The normalized spacial score (nSPS) is 14.3. The molecule has 1 N–H and O–H groups in total. The van der Waals surface area contributed by atoms with E-state index in [0.29, 0.717) is 6.79 Å². The second-order valence-electron chi connectivity index (χ2n) is 4.95. The van der Waals surface area contributed by atoms with Gasteiger partial charge < -0.3 is 14.6 Å². The van der Waals surface area contributed by atoms with Gasteiger partial charge in [0.2, 0.25) is 6.79 Å². The van der Waals surface area contributed by atoms with Crippen LogP contribution in [-0.4, -0.2) is 18.5 Å². The first-order valence-electron chi connectivity index (χ1n) is 5.48. The zero-order valence-electron chi connectivity index (χ0n) is 10.3. The van der Waals surface area contributed by atoms with Gasteiger partial charge >= 0.3 is 0 Å². The van der Waals surface area contributed by atoms with Gasteiger partial charge in [-0.05, 0) is 36.6 Å². The van der Waals surface area contributed by atoms with Crippen LogP contribution in [0.2, 0.25) is 0 Å². The Balaban J connectivity index is 2.60. The van der Waals surface area contributed by atoms with Gasteiger partial charge in [0.05, 0.1) is 6.61 Å². The van der Waals surface area contributed by atoms with E-state index in [-0.39, 0.29) is 12.0 Å². The topological polar surface area (TPSA) is 38.7 Å². The summed E-state index contributed by atoms with van der Waals surface area (Å²) < 4.78 is 10.8. The molecule has 3 nitrogen and oxygen atoms in total. The van der Waals surface area contributed by atoms with E-state index >= 15 is 0 Å². The van der Waals surface area contributed by atoms with Gasteiger partial charge in [0.25, 0.3) is 0 Å². The smallest absolute Gasteiger partial charge is 0.231 e. The molecular formula is C13H18O3. The molecule has 0 aromatic heterocycles. The number of hydrogen-bond donors (Lipinski definition) is 1. The summed E-state index contributed by atoms with van der Waals surface area (Å²) in [5.74, 6) is 1.63. The van der Waals surface area contributed by atoms with Crippen LogP contribution in [0.5, 0.6) is 11.5 Å². The number of aliphatic hydroxyl groups excluding tert-OH is 1. The summed E-state index contributed by atoms with van der Waals surface area (Å²) in [7, 11) is 0. The van der Waals surface area contributed by atoms with E-state index in [2.05, 4.69) is 6.92 Å². The summed E-state index contributed by atoms with van der Waals surface area (Å²) in [6, 6.07) is 1.99. The third-order valence-electron chi connectivity index (χ3n) is 3.35. The zero-order valence-corrected chi connectivity index (χ0v) is 10.3. The molecule has 0 radical (unpaired) electrons. The van der Waals surface area contributed by atoms with Gasteiger partial charge in [0, 0.05) is 5.41 Å². The standard InChI is InChI=1S/C13H18O3/c1-8-9(2)12-11(15-7-16-12)5-10(8)13(3,4)6-14/h5,14H,6-7H2,1-4H3. The van der Waals surface area contributed by atoms with Gasteiger partial charge in [-0.3, -0.25) is 0 Å². The minimum absolute atomic E-state index is 0.118. The Morgan fingerprint density at radius 1 is 1.25 bits per heavy atom. The Labute approximate surface area is 96.0 Å². The van der Waals surface area contributed by atoms with Crippen molar-refractivity contribution in [2.75, 3.05) is 13.4 Å². The van der Waals surface area contributed by atoms with Crippen LogP contribution in [0.3, 0.4) is 0 Å². The number of ether oxygens (including phenoxy) is 2. The SMILES string of the molecule is Cc1c(C(C)(C)CO)cc2c(c1C)OCO2. The van der Waals surface area contributed by atoms with Crippen molar-refractivity contribution in [1.82, 2.24) is 0 Å². The maximum absolute atomic E-state index is 9.44. The van der Waals surface area contributed by atoms with Crippen LogP contribution >= 0.6 is 0 Å². The fourth-order valence-corrected chi connectivity index (χ4v) is 2.09. The van der Waals surface area contributed by atoms with Crippen molar-refractivity contribution in [1.29, 1.82) is 0 Å². The van der Waals surface area contributed by atoms with Crippen molar-refractivity contribution in [3.63, 3.8) is 0 Å². The molecule has 0 fully saturated rings. The molecular weight excluding hydrogens is 204 g/mol. The van der Waals surface area contributed by atoms with Crippen molar-refractivity contribution in [2.45, 2.75) is 33.1 Å². The summed E-state index contributed by atoms with van der Waals surface area (Å²) in [4.78, 5) is 0. The number of hydrogen-bond acceptors (Lipinski definition) is 3. The maximum Gasteiger partial charge on any atom is 0.231 e.